The molecule has 1 spiro atoms. The molecule has 5 heterocycles. The topological polar surface area (TPSA) is 159 Å². The molecule has 0 aromatic heterocycles. The zero-order valence-electron chi connectivity index (χ0n) is 31.2. The van der Waals surface area contributed by atoms with Crippen LogP contribution in [-0.4, -0.2) is 107 Å². The molecule has 12 heteroatoms. The van der Waals surface area contributed by atoms with Crippen LogP contribution in [0.3, 0.4) is 0 Å². The molecule has 5 rings (SSSR count). The Bertz CT molecular complexity index is 1200. The lowest BCUT2D eigenvalue weighted by atomic mass is 9.78. The van der Waals surface area contributed by atoms with Crippen LogP contribution in [0.15, 0.2) is 0 Å². The van der Waals surface area contributed by atoms with E-state index in [0.717, 1.165) is 25.7 Å². The first-order valence-corrected chi connectivity index (χ1v) is 18.5. The lowest BCUT2D eigenvalue weighted by molar-refractivity contribution is -0.337. The number of carbonyl (C=O) groups is 2. The second kappa shape index (κ2) is 14.2. The van der Waals surface area contributed by atoms with Crippen LogP contribution in [0.4, 0.5) is 0 Å². The lowest BCUT2D eigenvalue weighted by Gasteiger charge is -2.49. The van der Waals surface area contributed by atoms with Crippen LogP contribution in [0.5, 0.6) is 0 Å². The molecule has 0 aromatic carbocycles. The first kappa shape index (κ1) is 38.8. The maximum absolute atomic E-state index is 12.0. The van der Waals surface area contributed by atoms with Crippen molar-refractivity contribution < 1.29 is 58.1 Å². The van der Waals surface area contributed by atoms with Crippen molar-refractivity contribution in [3.63, 3.8) is 0 Å². The maximum Gasteiger partial charge on any atom is 0.364 e. The van der Waals surface area contributed by atoms with Crippen molar-refractivity contribution in [2.75, 3.05) is 14.2 Å². The van der Waals surface area contributed by atoms with Gasteiger partial charge in [-0.3, -0.25) is 4.79 Å². The van der Waals surface area contributed by atoms with E-state index in [4.69, 9.17) is 33.2 Å². The summed E-state index contributed by atoms with van der Waals surface area (Å²) in [4.78, 5) is 23.9. The molecule has 5 saturated heterocycles. The molecular formula is C37H62O12. The van der Waals surface area contributed by atoms with Gasteiger partial charge in [0.05, 0.1) is 59.8 Å². The summed E-state index contributed by atoms with van der Waals surface area (Å²) in [5.74, 6) is -6.74. The Morgan fingerprint density at radius 2 is 1.65 bits per heavy atom. The van der Waals surface area contributed by atoms with Crippen molar-refractivity contribution >= 4 is 11.9 Å². The van der Waals surface area contributed by atoms with Gasteiger partial charge in [-0.15, -0.1) is 0 Å². The van der Waals surface area contributed by atoms with Crippen molar-refractivity contribution in [1.29, 1.82) is 0 Å². The average molecular weight is 699 g/mol. The maximum atomic E-state index is 12.0. The van der Waals surface area contributed by atoms with E-state index in [1.54, 1.807) is 28.1 Å². The molecule has 0 bridgehead atoms. The van der Waals surface area contributed by atoms with Gasteiger partial charge in [-0.25, -0.2) is 4.79 Å². The monoisotopic (exact) mass is 698 g/mol. The van der Waals surface area contributed by atoms with Crippen molar-refractivity contribution in [3.05, 3.63) is 0 Å². The Morgan fingerprint density at radius 1 is 0.959 bits per heavy atom. The molecule has 0 saturated carbocycles. The van der Waals surface area contributed by atoms with Crippen molar-refractivity contribution in [2.45, 2.75) is 172 Å². The van der Waals surface area contributed by atoms with Gasteiger partial charge in [-0.2, -0.15) is 0 Å². The Balaban J connectivity index is 1.31. The van der Waals surface area contributed by atoms with Gasteiger partial charge in [0.1, 0.15) is 0 Å². The number of ether oxygens (including phenoxy) is 7. The average Bonchev–Trinajstić information content (AvgIpc) is 3.76. The lowest BCUT2D eigenvalue weighted by Crippen LogP contribution is -2.58. The van der Waals surface area contributed by atoms with E-state index < -0.39 is 58.8 Å². The number of carboxylic acid groups (broad SMARTS) is 2. The van der Waals surface area contributed by atoms with E-state index in [9.17, 15) is 24.9 Å². The fraction of sp³-hybridized carbons (Fsp3) is 0.946. The number of aliphatic carboxylic acids is 2. The molecule has 0 radical (unpaired) electrons. The minimum Gasteiger partial charge on any atom is -0.481 e. The van der Waals surface area contributed by atoms with Gasteiger partial charge >= 0.3 is 11.9 Å². The highest BCUT2D eigenvalue weighted by molar-refractivity contribution is 5.75. The zero-order valence-corrected chi connectivity index (χ0v) is 31.2. The molecular weight excluding hydrogens is 636 g/mol. The van der Waals surface area contributed by atoms with Crippen LogP contribution in [0.25, 0.3) is 0 Å². The molecule has 282 valence electrons. The molecule has 0 amide bonds. The van der Waals surface area contributed by atoms with Gasteiger partial charge < -0.3 is 48.5 Å². The molecule has 17 atom stereocenters. The largest absolute Gasteiger partial charge is 0.481 e. The van der Waals surface area contributed by atoms with Gasteiger partial charge in [-0.1, -0.05) is 41.5 Å². The van der Waals surface area contributed by atoms with E-state index >= 15 is 0 Å². The number of methoxy groups -OCH3 is 2. The van der Waals surface area contributed by atoms with Crippen LogP contribution in [0.2, 0.25) is 0 Å². The molecule has 5 aliphatic heterocycles. The minimum absolute atomic E-state index is 0.00490. The van der Waals surface area contributed by atoms with E-state index in [2.05, 4.69) is 27.7 Å². The third kappa shape index (κ3) is 6.82. The van der Waals surface area contributed by atoms with Crippen LogP contribution >= 0.6 is 0 Å². The molecule has 12 nitrogen and oxygen atoms in total. The predicted octanol–water partition coefficient (Wildman–Crippen LogP) is 5.02. The van der Waals surface area contributed by atoms with Gasteiger partial charge in [0, 0.05) is 44.8 Å². The van der Waals surface area contributed by atoms with Gasteiger partial charge in [0.25, 0.3) is 5.79 Å². The summed E-state index contributed by atoms with van der Waals surface area (Å²) in [5, 5.41) is 30.5. The molecule has 49 heavy (non-hydrogen) atoms. The third-order valence-corrected chi connectivity index (χ3v) is 13.3. The van der Waals surface area contributed by atoms with Gasteiger partial charge in [0.15, 0.2) is 5.79 Å². The van der Waals surface area contributed by atoms with Crippen LogP contribution in [0.1, 0.15) is 107 Å². The number of carboxylic acids is 2. The summed E-state index contributed by atoms with van der Waals surface area (Å²) in [5.41, 5.74) is -1.18. The van der Waals surface area contributed by atoms with Crippen molar-refractivity contribution in [1.82, 2.24) is 0 Å². The summed E-state index contributed by atoms with van der Waals surface area (Å²) in [7, 11) is 3.26. The summed E-state index contributed by atoms with van der Waals surface area (Å²) >= 11 is 0. The highest BCUT2D eigenvalue weighted by Crippen LogP contribution is 2.55. The van der Waals surface area contributed by atoms with E-state index in [1.165, 1.54) is 0 Å². The van der Waals surface area contributed by atoms with Crippen molar-refractivity contribution in [2.24, 2.45) is 35.5 Å². The SMILES string of the molecule is CC[C@@]1([C@@H]2O[C@@H]([C@H]3O[C@@](O)(C(=O)O)[C@H](C)C[C@@H]3C)C[C@@H]2C)CC[C@H]([C@]2(C)CC[C@]3(C[C@H](OC)[C@@H](C)[C@@H]([C@@H](C)[C@@H](OC)[C@H](C)C(=O)O)O3)O2)O1. The Labute approximate surface area is 291 Å². The second-order valence-corrected chi connectivity index (χ2v) is 16.5. The minimum atomic E-state index is -2.24. The molecule has 5 aliphatic rings. The molecule has 5 fully saturated rings. The molecule has 0 unspecified atom stereocenters. The number of hydrogen-bond donors (Lipinski definition) is 3. The Hall–Kier alpha value is -1.38. The first-order chi connectivity index (χ1) is 22.9. The zero-order chi connectivity index (χ0) is 36.3. The smallest absolute Gasteiger partial charge is 0.364 e. The van der Waals surface area contributed by atoms with Crippen molar-refractivity contribution in [3.8, 4) is 0 Å². The highest BCUT2D eigenvalue weighted by Gasteiger charge is 2.62. The number of hydrogen-bond acceptors (Lipinski definition) is 10. The third-order valence-electron chi connectivity index (χ3n) is 13.3. The van der Waals surface area contributed by atoms with E-state index in [1.807, 2.05) is 13.8 Å². The van der Waals surface area contributed by atoms with Gasteiger partial charge in [0.2, 0.25) is 0 Å². The second-order valence-electron chi connectivity index (χ2n) is 16.5. The van der Waals surface area contributed by atoms with E-state index in [-0.39, 0.29) is 54.2 Å². The summed E-state index contributed by atoms with van der Waals surface area (Å²) < 4.78 is 45.5. The standard InChI is InChI=1S/C37H62O12/c1-11-35(31-20(3)17-25(45-31)28-19(2)16-21(4)37(42,48-28)33(40)41)13-12-27(46-35)34(8)14-15-36(49-34)18-26(43-9)22(5)30(47-36)23(6)29(44-10)24(7)32(38)39/h19-31,42H,11-18H2,1-10H3,(H,38,39)(H,40,41)/t19-,20-,21+,22+,23-,24-,25+,26-,27+,28-,29+,30-,31+,34-,35-,36+,37+/m0/s1. The number of aliphatic hydroxyl groups is 1. The normalized spacial score (nSPS) is 49.2. The molecule has 0 aromatic rings. The van der Waals surface area contributed by atoms with E-state index in [0.29, 0.717) is 25.7 Å². The summed E-state index contributed by atoms with van der Waals surface area (Å²) in [6.45, 7) is 15.9. The fourth-order valence-corrected chi connectivity index (χ4v) is 10.2. The van der Waals surface area contributed by atoms with Crippen LogP contribution < -0.4 is 0 Å². The summed E-state index contributed by atoms with van der Waals surface area (Å²) in [6.07, 6.45) is 3.11. The predicted molar refractivity (Wildman–Crippen MR) is 178 cm³/mol. The Kier molecular flexibility index (Phi) is 11.3. The Morgan fingerprint density at radius 3 is 2.24 bits per heavy atom. The number of rotatable bonds is 11. The van der Waals surface area contributed by atoms with Gasteiger partial charge in [-0.05, 0) is 64.2 Å². The quantitative estimate of drug-likeness (QED) is 0.265. The van der Waals surface area contributed by atoms with Crippen LogP contribution in [0, 0.1) is 35.5 Å². The summed E-state index contributed by atoms with van der Waals surface area (Å²) in [6, 6.07) is 0. The van der Waals surface area contributed by atoms with Crippen LogP contribution in [-0.2, 0) is 42.7 Å². The molecule has 3 N–H and O–H groups in total. The highest BCUT2D eigenvalue weighted by atomic mass is 16.7. The molecule has 0 aliphatic carbocycles. The first-order valence-electron chi connectivity index (χ1n) is 18.5. The fourth-order valence-electron chi connectivity index (χ4n) is 10.2.